The Labute approximate surface area is 73.0 Å². The van der Waals surface area contributed by atoms with Gasteiger partial charge in [0.05, 0.1) is 0 Å². The van der Waals surface area contributed by atoms with Gasteiger partial charge in [0.25, 0.3) is 0 Å². The molecule has 0 aromatic carbocycles. The van der Waals surface area contributed by atoms with Gasteiger partial charge >= 0.3 is 0 Å². The van der Waals surface area contributed by atoms with E-state index < -0.39 is 0 Å². The first kappa shape index (κ1) is 9.13. The molecule has 1 heterocycles. The first-order valence-corrected chi connectivity index (χ1v) is 4.27. The number of aromatic nitrogens is 2. The molecule has 1 unspecified atom stereocenters. The van der Waals surface area contributed by atoms with E-state index in [-0.39, 0.29) is 6.04 Å². The van der Waals surface area contributed by atoms with Crippen molar-refractivity contribution in [3.63, 3.8) is 0 Å². The molecule has 66 valence electrons. The summed E-state index contributed by atoms with van der Waals surface area (Å²) < 4.78 is 0. The molecule has 0 bridgehead atoms. The van der Waals surface area contributed by atoms with Gasteiger partial charge in [0, 0.05) is 23.5 Å². The van der Waals surface area contributed by atoms with Gasteiger partial charge in [0.15, 0.2) is 0 Å². The van der Waals surface area contributed by atoms with Crippen molar-refractivity contribution in [2.45, 2.75) is 32.7 Å². The Bertz CT molecular complexity index is 247. The average molecular weight is 165 g/mol. The molecule has 0 aliphatic heterocycles. The average Bonchev–Trinajstić information content (AvgIpc) is 2.05. The summed E-state index contributed by atoms with van der Waals surface area (Å²) in [5, 5.41) is 0. The van der Waals surface area contributed by atoms with Crippen molar-refractivity contribution in [1.82, 2.24) is 9.97 Å². The van der Waals surface area contributed by atoms with Crippen LogP contribution in [0.4, 0.5) is 0 Å². The molecule has 12 heavy (non-hydrogen) atoms. The number of nitrogens with two attached hydrogens (primary N) is 1. The van der Waals surface area contributed by atoms with Crippen molar-refractivity contribution in [1.29, 1.82) is 0 Å². The molecule has 0 saturated carbocycles. The van der Waals surface area contributed by atoms with E-state index in [2.05, 4.69) is 16.9 Å². The predicted octanol–water partition coefficient (Wildman–Crippen LogP) is 1.58. The summed E-state index contributed by atoms with van der Waals surface area (Å²) in [6, 6.07) is 0.0937. The molecule has 3 heteroatoms. The SMILES string of the molecule is CCCC(N)c1cncnc1C. The van der Waals surface area contributed by atoms with Crippen LogP contribution in [0.3, 0.4) is 0 Å². The molecular weight excluding hydrogens is 150 g/mol. The topological polar surface area (TPSA) is 51.8 Å². The third kappa shape index (κ3) is 2.01. The zero-order valence-electron chi connectivity index (χ0n) is 7.62. The van der Waals surface area contributed by atoms with Gasteiger partial charge in [-0.1, -0.05) is 13.3 Å². The second kappa shape index (κ2) is 4.16. The highest BCUT2D eigenvalue weighted by molar-refractivity contribution is 5.18. The van der Waals surface area contributed by atoms with Gasteiger partial charge in [-0.2, -0.15) is 0 Å². The normalized spacial score (nSPS) is 12.9. The van der Waals surface area contributed by atoms with E-state index >= 15 is 0 Å². The lowest BCUT2D eigenvalue weighted by Crippen LogP contribution is -2.12. The molecule has 0 aliphatic rings. The largest absolute Gasteiger partial charge is 0.324 e. The molecule has 0 fully saturated rings. The second-order valence-electron chi connectivity index (χ2n) is 2.96. The highest BCUT2D eigenvalue weighted by Crippen LogP contribution is 2.16. The second-order valence-corrected chi connectivity index (χ2v) is 2.96. The minimum Gasteiger partial charge on any atom is -0.324 e. The summed E-state index contributed by atoms with van der Waals surface area (Å²) in [6.07, 6.45) is 5.45. The van der Waals surface area contributed by atoms with Crippen molar-refractivity contribution < 1.29 is 0 Å². The summed E-state index contributed by atoms with van der Waals surface area (Å²) in [7, 11) is 0. The minimum absolute atomic E-state index is 0.0937. The number of hydrogen-bond acceptors (Lipinski definition) is 3. The molecule has 1 aromatic heterocycles. The standard InChI is InChI=1S/C9H15N3/c1-3-4-9(10)8-5-11-6-12-7(8)2/h5-6,9H,3-4,10H2,1-2H3. The zero-order valence-corrected chi connectivity index (χ0v) is 7.62. The van der Waals surface area contributed by atoms with Gasteiger partial charge in [0.2, 0.25) is 0 Å². The Balaban J connectivity index is 2.79. The fraction of sp³-hybridized carbons (Fsp3) is 0.556. The van der Waals surface area contributed by atoms with Crippen LogP contribution in [0, 0.1) is 6.92 Å². The van der Waals surface area contributed by atoms with E-state index in [1.165, 1.54) is 0 Å². The molecule has 1 atom stereocenters. The third-order valence-electron chi connectivity index (χ3n) is 1.95. The molecule has 0 aliphatic carbocycles. The maximum Gasteiger partial charge on any atom is 0.115 e. The van der Waals surface area contributed by atoms with Gasteiger partial charge in [-0.05, 0) is 13.3 Å². The summed E-state index contributed by atoms with van der Waals surface area (Å²) in [6.45, 7) is 4.09. The van der Waals surface area contributed by atoms with E-state index in [0.29, 0.717) is 0 Å². The van der Waals surface area contributed by atoms with Gasteiger partial charge in [0.1, 0.15) is 6.33 Å². The smallest absolute Gasteiger partial charge is 0.115 e. The fourth-order valence-corrected chi connectivity index (χ4v) is 1.23. The van der Waals surface area contributed by atoms with Gasteiger partial charge in [-0.15, -0.1) is 0 Å². The van der Waals surface area contributed by atoms with Crippen LogP contribution in [-0.4, -0.2) is 9.97 Å². The van der Waals surface area contributed by atoms with Crippen molar-refractivity contribution in [2.75, 3.05) is 0 Å². The quantitative estimate of drug-likeness (QED) is 0.739. The maximum atomic E-state index is 5.93. The molecule has 0 saturated heterocycles. The van der Waals surface area contributed by atoms with Crippen molar-refractivity contribution in [3.05, 3.63) is 23.8 Å². The summed E-state index contributed by atoms with van der Waals surface area (Å²) >= 11 is 0. The molecule has 2 N–H and O–H groups in total. The Morgan fingerprint density at radius 3 is 2.92 bits per heavy atom. The minimum atomic E-state index is 0.0937. The summed E-state index contributed by atoms with van der Waals surface area (Å²) in [5.74, 6) is 0. The first-order valence-electron chi connectivity index (χ1n) is 4.27. The molecule has 0 radical (unpaired) electrons. The summed E-state index contributed by atoms with van der Waals surface area (Å²) in [4.78, 5) is 8.05. The van der Waals surface area contributed by atoms with E-state index in [0.717, 1.165) is 24.1 Å². The van der Waals surface area contributed by atoms with E-state index in [9.17, 15) is 0 Å². The van der Waals surface area contributed by atoms with Crippen LogP contribution in [0.25, 0.3) is 0 Å². The monoisotopic (exact) mass is 165 g/mol. The molecule has 0 amide bonds. The predicted molar refractivity (Wildman–Crippen MR) is 48.6 cm³/mol. The van der Waals surface area contributed by atoms with Crippen LogP contribution in [0.1, 0.15) is 37.1 Å². The highest BCUT2D eigenvalue weighted by atomic mass is 14.8. The Morgan fingerprint density at radius 1 is 1.58 bits per heavy atom. The van der Waals surface area contributed by atoms with Crippen LogP contribution in [0.15, 0.2) is 12.5 Å². The van der Waals surface area contributed by atoms with E-state index in [1.54, 1.807) is 6.33 Å². The van der Waals surface area contributed by atoms with E-state index in [4.69, 9.17) is 5.73 Å². The van der Waals surface area contributed by atoms with Crippen LogP contribution in [0.5, 0.6) is 0 Å². The number of rotatable bonds is 3. The van der Waals surface area contributed by atoms with E-state index in [1.807, 2.05) is 13.1 Å². The van der Waals surface area contributed by atoms with Crippen LogP contribution in [-0.2, 0) is 0 Å². The third-order valence-corrected chi connectivity index (χ3v) is 1.95. The van der Waals surface area contributed by atoms with Crippen molar-refractivity contribution in [2.24, 2.45) is 5.73 Å². The molecule has 3 nitrogen and oxygen atoms in total. The highest BCUT2D eigenvalue weighted by Gasteiger charge is 2.07. The number of aryl methyl sites for hydroxylation is 1. The lowest BCUT2D eigenvalue weighted by molar-refractivity contribution is 0.628. The number of hydrogen-bond donors (Lipinski definition) is 1. The lowest BCUT2D eigenvalue weighted by atomic mass is 10.0. The maximum absolute atomic E-state index is 5.93. The molecule has 1 aromatic rings. The van der Waals surface area contributed by atoms with Gasteiger partial charge in [-0.25, -0.2) is 9.97 Å². The van der Waals surface area contributed by atoms with Gasteiger partial charge < -0.3 is 5.73 Å². The fourth-order valence-electron chi connectivity index (χ4n) is 1.23. The van der Waals surface area contributed by atoms with Crippen LogP contribution in [0.2, 0.25) is 0 Å². The lowest BCUT2D eigenvalue weighted by Gasteiger charge is -2.11. The van der Waals surface area contributed by atoms with Crippen molar-refractivity contribution in [3.8, 4) is 0 Å². The Kier molecular flexibility index (Phi) is 3.17. The van der Waals surface area contributed by atoms with Crippen molar-refractivity contribution >= 4 is 0 Å². The molecular formula is C9H15N3. The summed E-state index contributed by atoms with van der Waals surface area (Å²) in [5.41, 5.74) is 7.99. The number of nitrogens with zero attached hydrogens (tertiary/aromatic N) is 2. The zero-order chi connectivity index (χ0) is 8.97. The molecule has 1 rings (SSSR count). The van der Waals surface area contributed by atoms with Crippen LogP contribution >= 0.6 is 0 Å². The Hall–Kier alpha value is -0.960. The van der Waals surface area contributed by atoms with Crippen LogP contribution < -0.4 is 5.73 Å². The van der Waals surface area contributed by atoms with Gasteiger partial charge in [-0.3, -0.25) is 0 Å². The first-order chi connectivity index (χ1) is 5.75. The molecule has 0 spiro atoms. The Morgan fingerprint density at radius 2 is 2.33 bits per heavy atom.